The number of rotatable bonds is 12. The van der Waals surface area contributed by atoms with Crippen molar-refractivity contribution in [2.24, 2.45) is 14.1 Å². The number of para-hydroxylation sites is 5. The van der Waals surface area contributed by atoms with Gasteiger partial charge in [0, 0.05) is 82.1 Å². The fourth-order valence-electron chi connectivity index (χ4n) is 6.79. The summed E-state index contributed by atoms with van der Waals surface area (Å²) in [7, 11) is 12.3. The van der Waals surface area contributed by atoms with E-state index in [1.165, 1.54) is 49.8 Å². The van der Waals surface area contributed by atoms with Crippen LogP contribution in [-0.2, 0) is 27.2 Å². The van der Waals surface area contributed by atoms with E-state index in [1.54, 1.807) is 0 Å². The van der Waals surface area contributed by atoms with E-state index >= 15 is 0 Å². The van der Waals surface area contributed by atoms with E-state index in [-0.39, 0.29) is 0 Å². The molecule has 252 valence electrons. The summed E-state index contributed by atoms with van der Waals surface area (Å²) in [4.78, 5) is 0. The highest BCUT2D eigenvalue weighted by Gasteiger charge is 2.17. The van der Waals surface area contributed by atoms with Crippen molar-refractivity contribution < 1.29 is 9.14 Å². The van der Waals surface area contributed by atoms with E-state index in [0.29, 0.717) is 0 Å². The molecule has 4 aromatic carbocycles. The Kier molecular flexibility index (Phi) is 10.3. The van der Waals surface area contributed by atoms with Crippen LogP contribution in [0.5, 0.6) is 0 Å². The molecular formula is C42H44N6S2+2. The Morgan fingerprint density at radius 1 is 0.700 bits per heavy atom. The fraction of sp³-hybridized carbons (Fsp3) is 0.190. The highest BCUT2D eigenvalue weighted by molar-refractivity contribution is 8.76. The van der Waals surface area contributed by atoms with E-state index in [2.05, 4.69) is 183 Å². The molecule has 0 radical (unpaired) electrons. The van der Waals surface area contributed by atoms with Gasteiger partial charge < -0.3 is 9.13 Å². The smallest absolute Gasteiger partial charge is 0.281 e. The Labute approximate surface area is 302 Å². The first-order chi connectivity index (χ1) is 24.5. The third-order valence-electron chi connectivity index (χ3n) is 9.44. The lowest BCUT2D eigenvalue weighted by Crippen LogP contribution is -2.30. The molecule has 7 aromatic rings. The van der Waals surface area contributed by atoms with Crippen molar-refractivity contribution in [3.05, 3.63) is 139 Å². The summed E-state index contributed by atoms with van der Waals surface area (Å²) in [5.74, 6) is 4.30. The van der Waals surface area contributed by atoms with Crippen LogP contribution >= 0.6 is 21.6 Å². The van der Waals surface area contributed by atoms with Gasteiger partial charge in [-0.05, 0) is 48.6 Å². The van der Waals surface area contributed by atoms with Crippen molar-refractivity contribution in [3.8, 4) is 0 Å². The van der Waals surface area contributed by atoms with Crippen molar-refractivity contribution in [2.45, 2.75) is 13.1 Å². The molecule has 1 N–H and O–H groups in total. The molecule has 3 heterocycles. The van der Waals surface area contributed by atoms with Crippen molar-refractivity contribution >= 4 is 84.2 Å². The van der Waals surface area contributed by atoms with Crippen LogP contribution in [0.4, 0.5) is 5.69 Å². The summed E-state index contributed by atoms with van der Waals surface area (Å²) in [6, 6.07) is 36.4. The van der Waals surface area contributed by atoms with Gasteiger partial charge in [0.25, 0.3) is 11.7 Å². The van der Waals surface area contributed by atoms with Crippen LogP contribution < -0.4 is 9.88 Å². The van der Waals surface area contributed by atoms with Crippen LogP contribution in [0.25, 0.3) is 51.1 Å². The van der Waals surface area contributed by atoms with Gasteiger partial charge in [0.15, 0.2) is 11.0 Å². The largest absolute Gasteiger partial charge is 0.346 e. The monoisotopic (exact) mass is 696 g/mol. The average Bonchev–Trinajstić information content (AvgIpc) is 3.78. The van der Waals surface area contributed by atoms with E-state index in [1.807, 2.05) is 34.7 Å². The van der Waals surface area contributed by atoms with E-state index in [9.17, 15) is 0 Å². The van der Waals surface area contributed by atoms with Crippen LogP contribution in [0.15, 0.2) is 122 Å². The SMILES string of the molecule is CNC(/C=C/c1cn(CCSSCCn2cc(/C=C/c3n(C)c4ccccc4[n+]3C)c3ccccc32)c2ccccc12)=[N+](C)c1ccccc1. The average molecular weight is 697 g/mol. The first-order valence-electron chi connectivity index (χ1n) is 17.1. The molecule has 8 heteroatoms. The lowest BCUT2D eigenvalue weighted by molar-refractivity contribution is -0.647. The standard InChI is InChI=1S/C42H43N6S2/c1-43-41(44(2)34-14-6-5-7-15-34)24-22-32-30-47(37-18-10-8-16-35(32)37)26-28-49-50-29-27-48-31-33(36-17-9-11-19-38(36)48)23-25-42-45(3)39-20-12-13-21-40(39)46(42)4/h5-25,30-31H,26-29H2,1-4H3/q+1/p+1/b24-22+. The number of imidazole rings is 1. The number of hydrogen-bond acceptors (Lipinski definition) is 2. The van der Waals surface area contributed by atoms with Crippen molar-refractivity contribution in [1.29, 1.82) is 0 Å². The summed E-state index contributed by atoms with van der Waals surface area (Å²) in [5.41, 5.74) is 8.65. The van der Waals surface area contributed by atoms with Gasteiger partial charge in [-0.25, -0.2) is 13.7 Å². The van der Waals surface area contributed by atoms with Gasteiger partial charge in [0.2, 0.25) is 0 Å². The van der Waals surface area contributed by atoms with E-state index < -0.39 is 0 Å². The highest BCUT2D eigenvalue weighted by Crippen LogP contribution is 2.28. The van der Waals surface area contributed by atoms with Gasteiger partial charge in [-0.3, -0.25) is 5.32 Å². The molecule has 0 unspecified atom stereocenters. The maximum Gasteiger partial charge on any atom is 0.281 e. The first-order valence-corrected chi connectivity index (χ1v) is 19.6. The molecule has 0 bridgehead atoms. The third-order valence-corrected chi connectivity index (χ3v) is 11.8. The molecule has 0 aliphatic heterocycles. The Balaban J connectivity index is 0.986. The highest BCUT2D eigenvalue weighted by atomic mass is 33.1. The molecule has 0 saturated carbocycles. The molecular weight excluding hydrogens is 653 g/mol. The molecule has 0 fully saturated rings. The second-order valence-electron chi connectivity index (χ2n) is 12.4. The predicted molar refractivity (Wildman–Crippen MR) is 217 cm³/mol. The second-order valence-corrected chi connectivity index (χ2v) is 15.1. The van der Waals surface area contributed by atoms with Gasteiger partial charge in [-0.1, -0.05) is 88.3 Å². The molecule has 6 nitrogen and oxygen atoms in total. The van der Waals surface area contributed by atoms with Gasteiger partial charge >= 0.3 is 0 Å². The van der Waals surface area contributed by atoms with Crippen molar-refractivity contribution in [1.82, 2.24) is 19.0 Å². The Hall–Kier alpha value is -4.92. The fourth-order valence-corrected chi connectivity index (χ4v) is 8.72. The Morgan fingerprint density at radius 3 is 1.84 bits per heavy atom. The van der Waals surface area contributed by atoms with Crippen LogP contribution in [0.2, 0.25) is 0 Å². The van der Waals surface area contributed by atoms with Gasteiger partial charge in [-0.15, -0.1) is 0 Å². The molecule has 0 amide bonds. The molecule has 0 saturated heterocycles. The molecule has 7 rings (SSSR count). The number of nitrogens with one attached hydrogen (secondary N) is 1. The zero-order valence-electron chi connectivity index (χ0n) is 29.2. The number of fused-ring (bicyclic) bond motifs is 3. The van der Waals surface area contributed by atoms with Gasteiger partial charge in [0.05, 0.1) is 28.2 Å². The first kappa shape index (κ1) is 33.6. The molecule has 0 spiro atoms. The number of likely N-dealkylation sites (N-methyl/N-ethyl adjacent to an activating group) is 1. The van der Waals surface area contributed by atoms with Gasteiger partial charge in [0.1, 0.15) is 5.69 Å². The van der Waals surface area contributed by atoms with E-state index in [0.717, 1.165) is 36.1 Å². The van der Waals surface area contributed by atoms with Crippen LogP contribution in [0.1, 0.15) is 17.0 Å². The molecule has 3 aromatic heterocycles. The maximum atomic E-state index is 3.36. The number of benzene rings is 4. The summed E-state index contributed by atoms with van der Waals surface area (Å²) in [6.45, 7) is 1.93. The molecule has 50 heavy (non-hydrogen) atoms. The van der Waals surface area contributed by atoms with E-state index in [4.69, 9.17) is 0 Å². The topological polar surface area (TPSA) is 33.7 Å². The Morgan fingerprint density at radius 2 is 1.24 bits per heavy atom. The van der Waals surface area contributed by atoms with Gasteiger partial charge in [-0.2, -0.15) is 0 Å². The minimum absolute atomic E-state index is 0.964. The lowest BCUT2D eigenvalue weighted by atomic mass is 10.1. The maximum absolute atomic E-state index is 3.36. The quantitative estimate of drug-likeness (QED) is 0.0456. The van der Waals surface area contributed by atoms with Crippen LogP contribution in [0.3, 0.4) is 0 Å². The number of nitrogens with zero attached hydrogens (tertiary/aromatic N) is 5. The summed E-state index contributed by atoms with van der Waals surface area (Å²) < 4.78 is 11.5. The molecule has 0 aliphatic rings. The normalized spacial score (nSPS) is 12.6. The second kappa shape index (κ2) is 15.3. The molecule has 0 aliphatic carbocycles. The minimum Gasteiger partial charge on any atom is -0.346 e. The summed E-state index contributed by atoms with van der Waals surface area (Å²) in [6.07, 6.45) is 13.5. The number of aryl methyl sites for hydroxylation is 4. The van der Waals surface area contributed by atoms with Crippen LogP contribution in [-0.4, -0.2) is 49.7 Å². The predicted octanol–water partition coefficient (Wildman–Crippen LogP) is 8.77. The van der Waals surface area contributed by atoms with Crippen molar-refractivity contribution in [2.75, 3.05) is 25.6 Å². The van der Waals surface area contributed by atoms with Crippen molar-refractivity contribution in [3.63, 3.8) is 0 Å². The number of aromatic nitrogens is 4. The summed E-state index contributed by atoms with van der Waals surface area (Å²) >= 11 is 0. The minimum atomic E-state index is 0.964. The Bertz CT molecular complexity index is 2320. The van der Waals surface area contributed by atoms with Crippen LogP contribution in [0, 0.1) is 0 Å². The third kappa shape index (κ3) is 6.91. The summed E-state index contributed by atoms with van der Waals surface area (Å²) in [5, 5.41) is 5.93. The lowest BCUT2D eigenvalue weighted by Gasteiger charge is -2.06. The number of amidine groups is 1. The zero-order chi connectivity index (χ0) is 34.5. The number of hydrogen-bond donors (Lipinski definition) is 1. The zero-order valence-corrected chi connectivity index (χ0v) is 30.8. The molecule has 0 atom stereocenters.